The zero-order chi connectivity index (χ0) is 30.9. The number of esters is 1. The molecular weight excluding hydrogens is 538 g/mol. The molecule has 0 spiro atoms. The van der Waals surface area contributed by atoms with Crippen LogP contribution < -0.4 is 4.74 Å². The molecule has 1 heterocycles. The normalized spacial score (nSPS) is 11.8. The van der Waals surface area contributed by atoms with Crippen LogP contribution in [0.25, 0.3) is 34.2 Å². The van der Waals surface area contributed by atoms with Gasteiger partial charge in [-0.3, -0.25) is 4.79 Å². The molecule has 4 rings (SSSR count). The van der Waals surface area contributed by atoms with Crippen LogP contribution in [0.1, 0.15) is 74.6 Å². The second-order valence-corrected chi connectivity index (χ2v) is 11.2. The number of hydrogen-bond acceptors (Lipinski definition) is 7. The van der Waals surface area contributed by atoms with E-state index in [1.165, 1.54) is 0 Å². The van der Waals surface area contributed by atoms with E-state index in [4.69, 9.17) is 24.4 Å². The Morgan fingerprint density at radius 3 is 1.86 bits per heavy atom. The molecule has 0 saturated heterocycles. The predicted molar refractivity (Wildman–Crippen MR) is 171 cm³/mol. The van der Waals surface area contributed by atoms with Gasteiger partial charge in [0.05, 0.1) is 18.3 Å². The van der Waals surface area contributed by atoms with E-state index in [1.807, 2.05) is 44.2 Å². The van der Waals surface area contributed by atoms with Gasteiger partial charge in [0.25, 0.3) is 0 Å². The summed E-state index contributed by atoms with van der Waals surface area (Å²) in [6, 6.07) is 17.8. The van der Waals surface area contributed by atoms with E-state index in [0.717, 1.165) is 52.6 Å². The Hall–Kier alpha value is -4.26. The molecule has 0 fully saturated rings. The lowest BCUT2D eigenvalue weighted by Gasteiger charge is -2.20. The van der Waals surface area contributed by atoms with Gasteiger partial charge in [0.2, 0.25) is 0 Å². The molecule has 0 aliphatic carbocycles. The predicted octanol–water partition coefficient (Wildman–Crippen LogP) is 8.48. The highest BCUT2D eigenvalue weighted by molar-refractivity contribution is 5.73. The van der Waals surface area contributed by atoms with Crippen LogP contribution in [0, 0.1) is 27.7 Å². The maximum absolute atomic E-state index is 11.5. The number of phenols is 1. The van der Waals surface area contributed by atoms with Crippen molar-refractivity contribution in [1.29, 1.82) is 0 Å². The lowest BCUT2D eigenvalue weighted by Crippen LogP contribution is -2.18. The zero-order valence-corrected chi connectivity index (χ0v) is 26.2. The van der Waals surface area contributed by atoms with Crippen LogP contribution in [-0.4, -0.2) is 38.7 Å². The van der Waals surface area contributed by atoms with Crippen molar-refractivity contribution in [2.75, 3.05) is 6.61 Å². The molecule has 1 N–H and O–H groups in total. The first-order valence-electron chi connectivity index (χ1n) is 15.3. The number of aryl methyl sites for hydroxylation is 4. The number of nitrogens with zero attached hydrogens (tertiary/aromatic N) is 3. The molecule has 0 aliphatic rings. The van der Waals surface area contributed by atoms with Gasteiger partial charge in [-0.2, -0.15) is 0 Å². The van der Waals surface area contributed by atoms with E-state index in [1.54, 1.807) is 19.1 Å². The van der Waals surface area contributed by atoms with Crippen molar-refractivity contribution in [3.05, 3.63) is 76.9 Å². The SMILES string of the molecule is CCCCC(CCCOC(=O)CC)Oc1cccc(-c2nc(-c3ccc(C)cc3C)nc(-c3ccc(C)cc3C)n2)c1O. The van der Waals surface area contributed by atoms with Gasteiger partial charge in [-0.1, -0.05) is 80.3 Å². The fourth-order valence-electron chi connectivity index (χ4n) is 5.14. The lowest BCUT2D eigenvalue weighted by atomic mass is 10.0. The van der Waals surface area contributed by atoms with Crippen LogP contribution in [0.3, 0.4) is 0 Å². The van der Waals surface area contributed by atoms with Gasteiger partial charge in [-0.05, 0) is 70.2 Å². The van der Waals surface area contributed by atoms with Crippen molar-refractivity contribution < 1.29 is 19.4 Å². The van der Waals surface area contributed by atoms with Gasteiger partial charge in [0.1, 0.15) is 0 Å². The van der Waals surface area contributed by atoms with Crippen LogP contribution in [0.15, 0.2) is 54.6 Å². The van der Waals surface area contributed by atoms with Crippen LogP contribution in [0.2, 0.25) is 0 Å². The van der Waals surface area contributed by atoms with Crippen LogP contribution in [0.4, 0.5) is 0 Å². The molecule has 226 valence electrons. The minimum Gasteiger partial charge on any atom is -0.504 e. The molecule has 1 aromatic heterocycles. The number of rotatable bonds is 13. The summed E-state index contributed by atoms with van der Waals surface area (Å²) in [7, 11) is 0. The number of phenolic OH excluding ortho intramolecular Hbond substituents is 1. The Morgan fingerprint density at radius 1 is 0.767 bits per heavy atom. The fraction of sp³-hybridized carbons (Fsp3) is 0.389. The molecule has 0 saturated carbocycles. The van der Waals surface area contributed by atoms with Crippen LogP contribution >= 0.6 is 0 Å². The summed E-state index contributed by atoms with van der Waals surface area (Å²) < 4.78 is 11.6. The Labute approximate surface area is 255 Å². The summed E-state index contributed by atoms with van der Waals surface area (Å²) in [4.78, 5) is 26.2. The molecule has 7 nitrogen and oxygen atoms in total. The number of hydrogen-bond donors (Lipinski definition) is 1. The maximum atomic E-state index is 11.5. The molecule has 43 heavy (non-hydrogen) atoms. The first-order valence-corrected chi connectivity index (χ1v) is 15.3. The molecule has 1 unspecified atom stereocenters. The van der Waals surface area contributed by atoms with Crippen molar-refractivity contribution >= 4 is 5.97 Å². The number of aromatic hydroxyl groups is 1. The van der Waals surface area contributed by atoms with E-state index in [9.17, 15) is 9.90 Å². The molecule has 1 atom stereocenters. The van der Waals surface area contributed by atoms with E-state index >= 15 is 0 Å². The third-order valence-electron chi connectivity index (χ3n) is 7.52. The van der Waals surface area contributed by atoms with E-state index in [2.05, 4.69) is 32.9 Å². The highest BCUT2D eigenvalue weighted by Gasteiger charge is 2.20. The molecule has 4 aromatic rings. The molecule has 0 radical (unpaired) electrons. The molecule has 7 heteroatoms. The molecule has 0 bridgehead atoms. The molecule has 3 aromatic carbocycles. The highest BCUT2D eigenvalue weighted by Crippen LogP contribution is 2.38. The number of ether oxygens (including phenoxy) is 2. The number of benzene rings is 3. The summed E-state index contributed by atoms with van der Waals surface area (Å²) >= 11 is 0. The van der Waals surface area contributed by atoms with Crippen LogP contribution in [-0.2, 0) is 9.53 Å². The average Bonchev–Trinajstić information content (AvgIpc) is 2.98. The number of para-hydroxylation sites is 1. The monoisotopic (exact) mass is 581 g/mol. The molecular formula is C36H43N3O4. The standard InChI is InChI=1S/C36H43N3O4/c1-7-9-12-27(13-11-20-42-32(40)8-2)43-31-15-10-14-30(33(31)41)36-38-34(28-18-16-23(3)21-25(28)5)37-35(39-36)29-19-17-24(4)22-26(29)6/h10,14-19,21-22,27,41H,7-9,11-13,20H2,1-6H3. The highest BCUT2D eigenvalue weighted by atomic mass is 16.5. The van der Waals surface area contributed by atoms with Gasteiger partial charge in [0, 0.05) is 17.5 Å². The van der Waals surface area contributed by atoms with Gasteiger partial charge in [-0.15, -0.1) is 0 Å². The number of carbonyl (C=O) groups is 1. The lowest BCUT2D eigenvalue weighted by molar-refractivity contribution is -0.143. The van der Waals surface area contributed by atoms with E-state index < -0.39 is 0 Å². The van der Waals surface area contributed by atoms with Crippen molar-refractivity contribution in [1.82, 2.24) is 15.0 Å². The van der Waals surface area contributed by atoms with Gasteiger partial charge >= 0.3 is 5.97 Å². The van der Waals surface area contributed by atoms with Crippen molar-refractivity contribution in [3.8, 4) is 45.7 Å². The van der Waals surface area contributed by atoms with Gasteiger partial charge in [0.15, 0.2) is 29.0 Å². The Balaban J connectivity index is 1.73. The van der Waals surface area contributed by atoms with Gasteiger partial charge in [-0.25, -0.2) is 15.0 Å². The maximum Gasteiger partial charge on any atom is 0.305 e. The number of carbonyl (C=O) groups excluding carboxylic acids is 1. The Bertz CT molecular complexity index is 1500. The largest absolute Gasteiger partial charge is 0.504 e. The third-order valence-corrected chi connectivity index (χ3v) is 7.52. The zero-order valence-electron chi connectivity index (χ0n) is 26.2. The number of unbranched alkanes of at least 4 members (excludes halogenated alkanes) is 1. The van der Waals surface area contributed by atoms with Crippen molar-refractivity contribution in [3.63, 3.8) is 0 Å². The first kappa shape index (κ1) is 31.7. The van der Waals surface area contributed by atoms with E-state index in [-0.39, 0.29) is 17.8 Å². The number of aromatic nitrogens is 3. The minimum atomic E-state index is -0.200. The third kappa shape index (κ3) is 8.19. The molecule has 0 amide bonds. The summed E-state index contributed by atoms with van der Waals surface area (Å²) in [5.41, 5.74) is 6.75. The second-order valence-electron chi connectivity index (χ2n) is 11.2. The van der Waals surface area contributed by atoms with Gasteiger partial charge < -0.3 is 14.6 Å². The summed E-state index contributed by atoms with van der Waals surface area (Å²) in [6.45, 7) is 12.5. The van der Waals surface area contributed by atoms with E-state index in [0.29, 0.717) is 54.7 Å². The fourth-order valence-corrected chi connectivity index (χ4v) is 5.14. The average molecular weight is 582 g/mol. The smallest absolute Gasteiger partial charge is 0.305 e. The minimum absolute atomic E-state index is 0.00855. The summed E-state index contributed by atoms with van der Waals surface area (Å²) in [5.74, 6) is 1.64. The molecule has 0 aliphatic heterocycles. The van der Waals surface area contributed by atoms with Crippen molar-refractivity contribution in [2.24, 2.45) is 0 Å². The second kappa shape index (κ2) is 14.8. The Morgan fingerprint density at radius 2 is 1.33 bits per heavy atom. The van der Waals surface area contributed by atoms with Crippen LogP contribution in [0.5, 0.6) is 11.5 Å². The quantitative estimate of drug-likeness (QED) is 0.125. The van der Waals surface area contributed by atoms with Crippen molar-refractivity contribution in [2.45, 2.75) is 86.2 Å². The first-order chi connectivity index (χ1) is 20.7. The summed E-state index contributed by atoms with van der Waals surface area (Å²) in [6.07, 6.45) is 4.49. The topological polar surface area (TPSA) is 94.4 Å². The Kier molecular flexibility index (Phi) is 10.9. The summed E-state index contributed by atoms with van der Waals surface area (Å²) in [5, 5.41) is 11.5.